The summed E-state index contributed by atoms with van der Waals surface area (Å²) in [6, 6.07) is 0. The lowest BCUT2D eigenvalue weighted by Crippen LogP contribution is -2.22. The molecule has 0 aliphatic rings. The van der Waals surface area contributed by atoms with Crippen LogP contribution < -0.4 is 11.1 Å². The molecule has 30 heavy (non-hydrogen) atoms. The molecule has 0 aromatic carbocycles. The maximum Gasteiger partial charge on any atom is 0.226 e. The molecule has 0 unspecified atom stereocenters. The van der Waals surface area contributed by atoms with Crippen LogP contribution in [0.2, 0.25) is 0 Å². The van der Waals surface area contributed by atoms with Crippen LogP contribution in [0.1, 0.15) is 13.3 Å². The van der Waals surface area contributed by atoms with E-state index in [1.165, 1.54) is 0 Å². The van der Waals surface area contributed by atoms with Crippen molar-refractivity contribution in [3.8, 4) is 0 Å². The third-order valence-electron chi connectivity index (χ3n) is 3.32. The highest BCUT2D eigenvalue weighted by atomic mass is 16.6. The predicted molar refractivity (Wildman–Crippen MR) is 112 cm³/mol. The molecule has 0 heterocycles. The number of allylic oxidation sites excluding steroid dienone is 1. The fraction of sp³-hybridized carbons (Fsp3) is 0.850. The quantitative estimate of drug-likeness (QED) is 0.203. The van der Waals surface area contributed by atoms with Crippen LogP contribution in [-0.2, 0) is 38.0 Å². The molecule has 0 aromatic heterocycles. The highest BCUT2D eigenvalue weighted by Crippen LogP contribution is 1.88. The summed E-state index contributed by atoms with van der Waals surface area (Å²) in [6.07, 6.45) is 0.305. The Bertz CT molecular complexity index is 399. The molecule has 0 aromatic rings. The van der Waals surface area contributed by atoms with E-state index in [0.29, 0.717) is 111 Å². The maximum atomic E-state index is 11.3. The standard InChI is InChI=1S/C20H40N2O8/c1-19(2)22-20(23)3-5-24-7-9-26-11-13-28-15-17-30-18-16-29-14-12-27-10-8-25-6-4-21/h1,3-18,21H2,2H3,(H,22,23). The Balaban J connectivity index is 3.06. The van der Waals surface area contributed by atoms with E-state index in [-0.39, 0.29) is 5.91 Å². The van der Waals surface area contributed by atoms with Crippen molar-refractivity contribution in [3.05, 3.63) is 12.3 Å². The highest BCUT2D eigenvalue weighted by Gasteiger charge is 2.00. The summed E-state index contributed by atoms with van der Waals surface area (Å²) in [5.41, 5.74) is 5.93. The van der Waals surface area contributed by atoms with Gasteiger partial charge in [-0.05, 0) is 6.92 Å². The smallest absolute Gasteiger partial charge is 0.226 e. The van der Waals surface area contributed by atoms with Crippen LogP contribution in [0.3, 0.4) is 0 Å². The van der Waals surface area contributed by atoms with Crippen LogP contribution in [0, 0.1) is 0 Å². The van der Waals surface area contributed by atoms with Gasteiger partial charge in [0.2, 0.25) is 5.91 Å². The van der Waals surface area contributed by atoms with Crippen molar-refractivity contribution in [1.29, 1.82) is 0 Å². The fourth-order valence-electron chi connectivity index (χ4n) is 1.97. The van der Waals surface area contributed by atoms with Crippen molar-refractivity contribution in [2.75, 3.05) is 99.0 Å². The van der Waals surface area contributed by atoms with Gasteiger partial charge in [-0.2, -0.15) is 0 Å². The summed E-state index contributed by atoms with van der Waals surface area (Å²) in [7, 11) is 0. The molecule has 0 saturated carbocycles. The van der Waals surface area contributed by atoms with Gasteiger partial charge in [0, 0.05) is 12.2 Å². The number of nitrogens with two attached hydrogens (primary N) is 1. The van der Waals surface area contributed by atoms with E-state index in [4.69, 9.17) is 38.9 Å². The van der Waals surface area contributed by atoms with Gasteiger partial charge in [-0.1, -0.05) is 6.58 Å². The predicted octanol–water partition coefficient (Wildman–Crippen LogP) is 0.101. The molecule has 1 amide bonds. The minimum absolute atomic E-state index is 0.0973. The van der Waals surface area contributed by atoms with E-state index in [0.717, 1.165) is 0 Å². The number of ether oxygens (including phenoxy) is 7. The number of rotatable bonds is 24. The van der Waals surface area contributed by atoms with Gasteiger partial charge in [0.25, 0.3) is 0 Å². The molecule has 0 radical (unpaired) electrons. The Kier molecular flexibility index (Phi) is 23.3. The van der Waals surface area contributed by atoms with Crippen molar-refractivity contribution in [1.82, 2.24) is 5.32 Å². The van der Waals surface area contributed by atoms with Crippen LogP contribution in [0.5, 0.6) is 0 Å². The zero-order chi connectivity index (χ0) is 22.1. The van der Waals surface area contributed by atoms with Gasteiger partial charge < -0.3 is 44.2 Å². The van der Waals surface area contributed by atoms with Crippen molar-refractivity contribution in [3.63, 3.8) is 0 Å². The number of hydrogen-bond acceptors (Lipinski definition) is 9. The third kappa shape index (κ3) is 24.9. The minimum Gasteiger partial charge on any atom is -0.379 e. The topological polar surface area (TPSA) is 120 Å². The number of nitrogens with one attached hydrogen (secondary N) is 1. The molecule has 0 saturated heterocycles. The van der Waals surface area contributed by atoms with Crippen molar-refractivity contribution >= 4 is 5.91 Å². The molecule has 0 spiro atoms. The lowest BCUT2D eigenvalue weighted by Gasteiger charge is -2.08. The van der Waals surface area contributed by atoms with Crippen molar-refractivity contribution in [2.24, 2.45) is 5.73 Å². The average Bonchev–Trinajstić information content (AvgIpc) is 2.71. The second-order valence-corrected chi connectivity index (χ2v) is 6.15. The van der Waals surface area contributed by atoms with E-state index in [1.54, 1.807) is 6.92 Å². The van der Waals surface area contributed by atoms with Crippen molar-refractivity contribution in [2.45, 2.75) is 13.3 Å². The first-order chi connectivity index (χ1) is 14.7. The molecule has 0 atom stereocenters. The minimum atomic E-state index is -0.0973. The molecular formula is C20H40N2O8. The lowest BCUT2D eigenvalue weighted by molar-refractivity contribution is -0.121. The summed E-state index contributed by atoms with van der Waals surface area (Å²) in [5, 5.41) is 2.62. The van der Waals surface area contributed by atoms with E-state index in [1.807, 2.05) is 0 Å². The average molecular weight is 437 g/mol. The molecule has 0 fully saturated rings. The van der Waals surface area contributed by atoms with Crippen molar-refractivity contribution < 1.29 is 38.0 Å². The normalized spacial score (nSPS) is 11.0. The largest absolute Gasteiger partial charge is 0.379 e. The van der Waals surface area contributed by atoms with Crippen LogP contribution in [-0.4, -0.2) is 105 Å². The number of carbonyl (C=O) groups excluding carboxylic acids is 1. The summed E-state index contributed by atoms with van der Waals surface area (Å²) in [5.74, 6) is -0.0973. The Morgan fingerprint density at radius 1 is 0.633 bits per heavy atom. The SMILES string of the molecule is C=C(C)NC(=O)CCOCCOCCOCCOCCOCCOCCOCCN. The summed E-state index contributed by atoms with van der Waals surface area (Å²) < 4.78 is 37.4. The second-order valence-electron chi connectivity index (χ2n) is 6.15. The molecule has 0 bridgehead atoms. The number of carbonyl (C=O) groups is 1. The van der Waals surface area contributed by atoms with Crippen LogP contribution in [0.4, 0.5) is 0 Å². The first-order valence-electron chi connectivity index (χ1n) is 10.4. The molecular weight excluding hydrogens is 396 g/mol. The summed E-state index contributed by atoms with van der Waals surface area (Å²) in [6.45, 7) is 12.9. The molecule has 10 heteroatoms. The van der Waals surface area contributed by atoms with Gasteiger partial charge in [-0.25, -0.2) is 0 Å². The second kappa shape index (κ2) is 24.2. The lowest BCUT2D eigenvalue weighted by atomic mass is 10.4. The molecule has 0 aliphatic carbocycles. The summed E-state index contributed by atoms with van der Waals surface area (Å²) in [4.78, 5) is 11.3. The van der Waals surface area contributed by atoms with Gasteiger partial charge in [-0.15, -0.1) is 0 Å². The number of amides is 1. The Hall–Kier alpha value is -1.11. The zero-order valence-corrected chi connectivity index (χ0v) is 18.4. The molecule has 0 rings (SSSR count). The van der Waals surface area contributed by atoms with Gasteiger partial charge in [-0.3, -0.25) is 4.79 Å². The third-order valence-corrected chi connectivity index (χ3v) is 3.32. The van der Waals surface area contributed by atoms with Crippen LogP contribution in [0.25, 0.3) is 0 Å². The van der Waals surface area contributed by atoms with Crippen LogP contribution in [0.15, 0.2) is 12.3 Å². The molecule has 178 valence electrons. The fourth-order valence-corrected chi connectivity index (χ4v) is 1.97. The van der Waals surface area contributed by atoms with Gasteiger partial charge >= 0.3 is 0 Å². The highest BCUT2D eigenvalue weighted by molar-refractivity contribution is 5.77. The molecule has 0 aliphatic heterocycles. The Morgan fingerprint density at radius 2 is 0.933 bits per heavy atom. The maximum absolute atomic E-state index is 11.3. The van der Waals surface area contributed by atoms with Gasteiger partial charge in [0.1, 0.15) is 0 Å². The Morgan fingerprint density at radius 3 is 1.23 bits per heavy atom. The first kappa shape index (κ1) is 28.9. The van der Waals surface area contributed by atoms with Crippen LogP contribution >= 0.6 is 0 Å². The first-order valence-corrected chi connectivity index (χ1v) is 10.4. The molecule has 10 nitrogen and oxygen atoms in total. The molecule has 3 N–H and O–H groups in total. The Labute approximate surface area is 180 Å². The number of hydrogen-bond donors (Lipinski definition) is 2. The summed E-state index contributed by atoms with van der Waals surface area (Å²) >= 11 is 0. The van der Waals surface area contributed by atoms with E-state index in [9.17, 15) is 4.79 Å². The van der Waals surface area contributed by atoms with E-state index < -0.39 is 0 Å². The van der Waals surface area contributed by atoms with E-state index in [2.05, 4.69) is 11.9 Å². The van der Waals surface area contributed by atoms with Gasteiger partial charge in [0.05, 0.1) is 98.9 Å². The van der Waals surface area contributed by atoms with Gasteiger partial charge in [0.15, 0.2) is 0 Å². The zero-order valence-electron chi connectivity index (χ0n) is 18.4. The van der Waals surface area contributed by atoms with E-state index >= 15 is 0 Å². The monoisotopic (exact) mass is 436 g/mol.